The summed E-state index contributed by atoms with van der Waals surface area (Å²) in [6.45, 7) is 1.43. The minimum Gasteiger partial charge on any atom is -0.495 e. The zero-order valence-corrected chi connectivity index (χ0v) is 15.9. The number of hydrogen-bond acceptors (Lipinski definition) is 4. The van der Waals surface area contributed by atoms with E-state index in [-0.39, 0.29) is 17.6 Å². The third-order valence-electron chi connectivity index (χ3n) is 3.88. The van der Waals surface area contributed by atoms with Gasteiger partial charge < -0.3 is 15.4 Å². The lowest BCUT2D eigenvalue weighted by atomic mass is 10.1. The first-order chi connectivity index (χ1) is 13.0. The standard InChI is InChI=1S/C21H20N2O3S/c1-14(24)22-17-8-10-20(26-2)19(12-17)23-21(25)13-27-18-9-7-15-5-3-4-6-16(15)11-18/h3-12H,13H2,1-2H3,(H,22,24)(H,23,25). The topological polar surface area (TPSA) is 67.4 Å². The van der Waals surface area contributed by atoms with Crippen molar-refractivity contribution in [3.05, 3.63) is 60.7 Å². The number of hydrogen-bond donors (Lipinski definition) is 2. The van der Waals surface area contributed by atoms with Crippen LogP contribution in [-0.4, -0.2) is 24.7 Å². The van der Waals surface area contributed by atoms with E-state index < -0.39 is 0 Å². The molecule has 3 rings (SSSR count). The number of thioether (sulfide) groups is 1. The molecule has 0 aromatic heterocycles. The normalized spacial score (nSPS) is 10.4. The molecular weight excluding hydrogens is 360 g/mol. The van der Waals surface area contributed by atoms with Crippen LogP contribution in [-0.2, 0) is 9.59 Å². The number of methoxy groups -OCH3 is 1. The van der Waals surface area contributed by atoms with Crippen LogP contribution >= 0.6 is 11.8 Å². The molecule has 0 saturated carbocycles. The van der Waals surface area contributed by atoms with Gasteiger partial charge in [0, 0.05) is 17.5 Å². The molecule has 0 saturated heterocycles. The molecule has 138 valence electrons. The van der Waals surface area contributed by atoms with Crippen molar-refractivity contribution in [3.8, 4) is 5.75 Å². The lowest BCUT2D eigenvalue weighted by Crippen LogP contribution is -2.15. The summed E-state index contributed by atoms with van der Waals surface area (Å²) in [5.74, 6) is 0.482. The molecule has 0 unspecified atom stereocenters. The number of amides is 2. The van der Waals surface area contributed by atoms with E-state index in [2.05, 4.69) is 34.9 Å². The Hall–Kier alpha value is -2.99. The Kier molecular flexibility index (Phi) is 5.98. The first-order valence-electron chi connectivity index (χ1n) is 8.42. The Morgan fingerprint density at radius 3 is 2.48 bits per heavy atom. The van der Waals surface area contributed by atoms with Crippen LogP contribution in [0, 0.1) is 0 Å². The van der Waals surface area contributed by atoms with Gasteiger partial charge in [-0.15, -0.1) is 11.8 Å². The fourth-order valence-electron chi connectivity index (χ4n) is 2.68. The Morgan fingerprint density at radius 2 is 1.74 bits per heavy atom. The molecule has 0 aliphatic carbocycles. The zero-order valence-electron chi connectivity index (χ0n) is 15.1. The lowest BCUT2D eigenvalue weighted by Gasteiger charge is -2.12. The molecule has 5 nitrogen and oxygen atoms in total. The summed E-state index contributed by atoms with van der Waals surface area (Å²) in [4.78, 5) is 24.6. The summed E-state index contributed by atoms with van der Waals surface area (Å²) in [7, 11) is 1.53. The van der Waals surface area contributed by atoms with Crippen molar-refractivity contribution in [1.82, 2.24) is 0 Å². The van der Waals surface area contributed by atoms with Crippen LogP contribution in [0.5, 0.6) is 5.75 Å². The molecule has 2 amide bonds. The van der Waals surface area contributed by atoms with Crippen molar-refractivity contribution < 1.29 is 14.3 Å². The molecule has 0 heterocycles. The van der Waals surface area contributed by atoms with Gasteiger partial charge in [0.15, 0.2) is 0 Å². The fourth-order valence-corrected chi connectivity index (χ4v) is 3.42. The molecule has 0 radical (unpaired) electrons. The molecule has 0 spiro atoms. The van der Waals surface area contributed by atoms with Crippen LogP contribution < -0.4 is 15.4 Å². The minimum atomic E-state index is -0.177. The summed E-state index contributed by atoms with van der Waals surface area (Å²) < 4.78 is 5.28. The second-order valence-electron chi connectivity index (χ2n) is 5.94. The van der Waals surface area contributed by atoms with Crippen molar-refractivity contribution in [2.45, 2.75) is 11.8 Å². The number of ether oxygens (including phenoxy) is 1. The van der Waals surface area contributed by atoms with Crippen molar-refractivity contribution in [1.29, 1.82) is 0 Å². The summed E-state index contributed by atoms with van der Waals surface area (Å²) in [6.07, 6.45) is 0. The Labute approximate surface area is 162 Å². The maximum Gasteiger partial charge on any atom is 0.234 e. The molecule has 6 heteroatoms. The van der Waals surface area contributed by atoms with Crippen LogP contribution in [0.4, 0.5) is 11.4 Å². The molecule has 0 bridgehead atoms. The van der Waals surface area contributed by atoms with Gasteiger partial charge >= 0.3 is 0 Å². The highest BCUT2D eigenvalue weighted by Crippen LogP contribution is 2.29. The number of carbonyl (C=O) groups is 2. The second kappa shape index (κ2) is 8.60. The van der Waals surface area contributed by atoms with Crippen LogP contribution in [0.2, 0.25) is 0 Å². The fraction of sp³-hybridized carbons (Fsp3) is 0.143. The predicted octanol–water partition coefficient (Wildman–Crippen LogP) is 4.54. The summed E-state index contributed by atoms with van der Waals surface area (Å²) in [5, 5.41) is 7.86. The number of nitrogens with one attached hydrogen (secondary N) is 2. The zero-order chi connectivity index (χ0) is 19.2. The molecule has 0 atom stereocenters. The van der Waals surface area contributed by atoms with Crippen LogP contribution in [0.15, 0.2) is 65.6 Å². The Balaban J connectivity index is 1.66. The van der Waals surface area contributed by atoms with Gasteiger partial charge in [0.1, 0.15) is 5.75 Å². The highest BCUT2D eigenvalue weighted by molar-refractivity contribution is 8.00. The number of anilines is 2. The maximum atomic E-state index is 12.4. The highest BCUT2D eigenvalue weighted by atomic mass is 32.2. The first kappa shape index (κ1) is 18.8. The molecule has 2 N–H and O–H groups in total. The quantitative estimate of drug-likeness (QED) is 0.616. The number of rotatable bonds is 6. The molecule has 0 aliphatic heterocycles. The van der Waals surface area contributed by atoms with E-state index in [1.807, 2.05) is 18.2 Å². The largest absolute Gasteiger partial charge is 0.495 e. The maximum absolute atomic E-state index is 12.4. The van der Waals surface area contributed by atoms with Gasteiger partial charge in [-0.3, -0.25) is 9.59 Å². The van der Waals surface area contributed by atoms with Gasteiger partial charge in [-0.2, -0.15) is 0 Å². The third-order valence-corrected chi connectivity index (χ3v) is 4.88. The minimum absolute atomic E-state index is 0.147. The molecule has 3 aromatic rings. The highest BCUT2D eigenvalue weighted by Gasteiger charge is 2.10. The van der Waals surface area contributed by atoms with Crippen molar-refractivity contribution in [2.75, 3.05) is 23.5 Å². The van der Waals surface area contributed by atoms with E-state index in [9.17, 15) is 9.59 Å². The van der Waals surface area contributed by atoms with E-state index >= 15 is 0 Å². The average molecular weight is 380 g/mol. The van der Waals surface area contributed by atoms with Crippen LogP contribution in [0.25, 0.3) is 10.8 Å². The van der Waals surface area contributed by atoms with E-state index in [0.29, 0.717) is 17.1 Å². The number of benzene rings is 3. The summed E-state index contributed by atoms with van der Waals surface area (Å²) in [6, 6.07) is 19.4. The van der Waals surface area contributed by atoms with Crippen LogP contribution in [0.3, 0.4) is 0 Å². The van der Waals surface area contributed by atoms with Gasteiger partial charge in [0.05, 0.1) is 18.6 Å². The van der Waals surface area contributed by atoms with E-state index in [4.69, 9.17) is 4.74 Å². The number of fused-ring (bicyclic) bond motifs is 1. The number of carbonyl (C=O) groups excluding carboxylic acids is 2. The van der Waals surface area contributed by atoms with E-state index in [1.54, 1.807) is 18.2 Å². The monoisotopic (exact) mass is 380 g/mol. The van der Waals surface area contributed by atoms with Gasteiger partial charge in [-0.1, -0.05) is 30.3 Å². The van der Waals surface area contributed by atoms with Crippen molar-refractivity contribution in [3.63, 3.8) is 0 Å². The summed E-state index contributed by atoms with van der Waals surface area (Å²) in [5.41, 5.74) is 1.12. The van der Waals surface area contributed by atoms with Gasteiger partial charge in [0.25, 0.3) is 0 Å². The molecule has 0 aliphatic rings. The molecule has 0 fully saturated rings. The van der Waals surface area contributed by atoms with Crippen molar-refractivity contribution in [2.24, 2.45) is 0 Å². The van der Waals surface area contributed by atoms with E-state index in [0.717, 1.165) is 10.3 Å². The lowest BCUT2D eigenvalue weighted by molar-refractivity contribution is -0.114. The van der Waals surface area contributed by atoms with Gasteiger partial charge in [-0.05, 0) is 41.1 Å². The van der Waals surface area contributed by atoms with Gasteiger partial charge in [-0.25, -0.2) is 0 Å². The predicted molar refractivity (Wildman–Crippen MR) is 111 cm³/mol. The molecule has 27 heavy (non-hydrogen) atoms. The van der Waals surface area contributed by atoms with Crippen LogP contribution in [0.1, 0.15) is 6.92 Å². The molecule has 3 aromatic carbocycles. The van der Waals surface area contributed by atoms with Gasteiger partial charge in [0.2, 0.25) is 11.8 Å². The average Bonchev–Trinajstić information content (AvgIpc) is 2.66. The third kappa shape index (κ3) is 5.01. The smallest absolute Gasteiger partial charge is 0.234 e. The van der Waals surface area contributed by atoms with E-state index in [1.165, 1.54) is 31.2 Å². The second-order valence-corrected chi connectivity index (χ2v) is 6.99. The van der Waals surface area contributed by atoms with Crippen molar-refractivity contribution >= 4 is 45.7 Å². The Bertz CT molecular complexity index is 988. The summed E-state index contributed by atoms with van der Waals surface area (Å²) >= 11 is 1.47. The SMILES string of the molecule is COc1ccc(NC(C)=O)cc1NC(=O)CSc1ccc2ccccc2c1. The first-order valence-corrected chi connectivity index (χ1v) is 9.41. The molecular formula is C21H20N2O3S. The Morgan fingerprint density at radius 1 is 0.963 bits per heavy atom.